The second-order valence-corrected chi connectivity index (χ2v) is 8.41. The van der Waals surface area contributed by atoms with Crippen molar-refractivity contribution in [1.82, 2.24) is 10.3 Å². The minimum Gasteiger partial charge on any atom is -0.431 e. The van der Waals surface area contributed by atoms with E-state index in [0.717, 1.165) is 22.4 Å². The first-order valence-corrected chi connectivity index (χ1v) is 11.3. The van der Waals surface area contributed by atoms with Gasteiger partial charge in [-0.3, -0.25) is 4.79 Å². The van der Waals surface area contributed by atoms with Gasteiger partial charge in [-0.2, -0.15) is 0 Å². The number of benzene rings is 3. The number of oxazole rings is 1. The van der Waals surface area contributed by atoms with E-state index in [4.69, 9.17) is 4.42 Å². The van der Waals surface area contributed by atoms with E-state index in [1.165, 1.54) is 16.7 Å². The van der Waals surface area contributed by atoms with E-state index in [1.54, 1.807) is 11.8 Å². The summed E-state index contributed by atoms with van der Waals surface area (Å²) >= 11 is 3.23. The van der Waals surface area contributed by atoms with Gasteiger partial charge in [0.1, 0.15) is 5.52 Å². The maximum absolute atomic E-state index is 12.7. The Hall–Kier alpha value is -2.70. The number of carbonyl (C=O) groups excluding carboxylic acids is 1. The first-order chi connectivity index (χ1) is 14.3. The van der Waals surface area contributed by atoms with E-state index in [9.17, 15) is 4.79 Å². The van der Waals surface area contributed by atoms with Crippen molar-refractivity contribution < 1.29 is 9.21 Å². The van der Waals surface area contributed by atoms with E-state index in [0.29, 0.717) is 23.1 Å². The SMILES string of the molecule is O=C(NCCSc1ccccc1)c1ccccc1CSc1nc2ccccc2o1. The summed E-state index contributed by atoms with van der Waals surface area (Å²) in [4.78, 5) is 18.4. The molecule has 0 spiro atoms. The lowest BCUT2D eigenvalue weighted by Gasteiger charge is -2.09. The largest absolute Gasteiger partial charge is 0.431 e. The molecule has 29 heavy (non-hydrogen) atoms. The summed E-state index contributed by atoms with van der Waals surface area (Å²) in [5.41, 5.74) is 3.28. The Balaban J connectivity index is 1.33. The summed E-state index contributed by atoms with van der Waals surface area (Å²) in [6.45, 7) is 0.616. The molecule has 6 heteroatoms. The molecule has 0 saturated carbocycles. The Morgan fingerprint density at radius 2 is 1.66 bits per heavy atom. The molecule has 0 bridgehead atoms. The van der Waals surface area contributed by atoms with Crippen LogP contribution in [0.15, 0.2) is 93.4 Å². The van der Waals surface area contributed by atoms with Gasteiger partial charge in [0.25, 0.3) is 11.1 Å². The number of hydrogen-bond donors (Lipinski definition) is 1. The minimum atomic E-state index is -0.0487. The van der Waals surface area contributed by atoms with Gasteiger partial charge < -0.3 is 9.73 Å². The molecule has 0 radical (unpaired) electrons. The van der Waals surface area contributed by atoms with Gasteiger partial charge in [-0.05, 0) is 35.9 Å². The van der Waals surface area contributed by atoms with Gasteiger partial charge in [0.2, 0.25) is 0 Å². The van der Waals surface area contributed by atoms with Crippen molar-refractivity contribution in [3.05, 3.63) is 90.0 Å². The number of carbonyl (C=O) groups is 1. The molecule has 0 aliphatic carbocycles. The highest BCUT2D eigenvalue weighted by Crippen LogP contribution is 2.27. The zero-order valence-corrected chi connectivity index (χ0v) is 17.3. The van der Waals surface area contributed by atoms with Crippen LogP contribution in [0.1, 0.15) is 15.9 Å². The Morgan fingerprint density at radius 3 is 2.52 bits per heavy atom. The molecule has 0 atom stereocenters. The summed E-state index contributed by atoms with van der Waals surface area (Å²) in [6.07, 6.45) is 0. The zero-order chi connectivity index (χ0) is 19.9. The van der Waals surface area contributed by atoms with Gasteiger partial charge in [0.05, 0.1) is 0 Å². The molecule has 0 aliphatic heterocycles. The van der Waals surface area contributed by atoms with Crippen molar-refractivity contribution in [1.29, 1.82) is 0 Å². The number of nitrogens with zero attached hydrogens (tertiary/aromatic N) is 1. The van der Waals surface area contributed by atoms with Crippen LogP contribution >= 0.6 is 23.5 Å². The van der Waals surface area contributed by atoms with Gasteiger partial charge in [-0.25, -0.2) is 4.98 Å². The molecule has 0 saturated heterocycles. The fourth-order valence-electron chi connectivity index (χ4n) is 2.87. The molecule has 1 heterocycles. The predicted molar refractivity (Wildman–Crippen MR) is 120 cm³/mol. The fraction of sp³-hybridized carbons (Fsp3) is 0.130. The highest BCUT2D eigenvalue weighted by molar-refractivity contribution is 7.99. The Labute approximate surface area is 178 Å². The Morgan fingerprint density at radius 1 is 0.897 bits per heavy atom. The van der Waals surface area contributed by atoms with Crippen molar-refractivity contribution in [2.45, 2.75) is 15.9 Å². The van der Waals surface area contributed by atoms with Crippen LogP contribution in [0.4, 0.5) is 0 Å². The first kappa shape index (κ1) is 19.6. The number of aromatic nitrogens is 1. The number of thioether (sulfide) groups is 2. The maximum atomic E-state index is 12.7. The second kappa shape index (κ2) is 9.67. The summed E-state index contributed by atoms with van der Waals surface area (Å²) in [5.74, 6) is 1.40. The topological polar surface area (TPSA) is 55.1 Å². The van der Waals surface area contributed by atoms with E-state index >= 15 is 0 Å². The van der Waals surface area contributed by atoms with Crippen molar-refractivity contribution >= 4 is 40.5 Å². The van der Waals surface area contributed by atoms with Crippen LogP contribution in [-0.4, -0.2) is 23.2 Å². The van der Waals surface area contributed by atoms with Crippen LogP contribution in [0.2, 0.25) is 0 Å². The van der Waals surface area contributed by atoms with Gasteiger partial charge in [-0.1, -0.05) is 60.3 Å². The number of amides is 1. The van der Waals surface area contributed by atoms with Gasteiger partial charge in [0.15, 0.2) is 5.58 Å². The van der Waals surface area contributed by atoms with Crippen molar-refractivity contribution in [3.63, 3.8) is 0 Å². The van der Waals surface area contributed by atoms with Crippen molar-refractivity contribution in [2.75, 3.05) is 12.3 Å². The van der Waals surface area contributed by atoms with Gasteiger partial charge >= 0.3 is 0 Å². The Kier molecular flexibility index (Phi) is 6.54. The normalized spacial score (nSPS) is 10.9. The van der Waals surface area contributed by atoms with Crippen LogP contribution in [0, 0.1) is 0 Å². The molecular weight excluding hydrogens is 400 g/mol. The predicted octanol–water partition coefficient (Wildman–Crippen LogP) is 5.64. The molecule has 4 aromatic rings. The third-order valence-corrected chi connectivity index (χ3v) is 6.18. The van der Waals surface area contributed by atoms with Crippen molar-refractivity contribution in [3.8, 4) is 0 Å². The fourth-order valence-corrected chi connectivity index (χ4v) is 4.50. The van der Waals surface area contributed by atoms with E-state index in [1.807, 2.05) is 66.7 Å². The molecule has 1 amide bonds. The molecule has 1 N–H and O–H groups in total. The number of para-hydroxylation sites is 2. The van der Waals surface area contributed by atoms with Crippen LogP contribution in [0.5, 0.6) is 0 Å². The lowest BCUT2D eigenvalue weighted by atomic mass is 10.1. The summed E-state index contributed by atoms with van der Waals surface area (Å²) < 4.78 is 5.76. The van der Waals surface area contributed by atoms with Gasteiger partial charge in [0, 0.05) is 28.5 Å². The zero-order valence-electron chi connectivity index (χ0n) is 15.7. The van der Waals surface area contributed by atoms with Crippen LogP contribution < -0.4 is 5.32 Å². The molecule has 4 rings (SSSR count). The summed E-state index contributed by atoms with van der Waals surface area (Å²) in [5, 5.41) is 3.63. The van der Waals surface area contributed by atoms with Crippen LogP contribution in [0.25, 0.3) is 11.1 Å². The lowest BCUT2D eigenvalue weighted by Crippen LogP contribution is -2.26. The number of fused-ring (bicyclic) bond motifs is 1. The molecule has 0 aliphatic rings. The lowest BCUT2D eigenvalue weighted by molar-refractivity contribution is 0.0955. The summed E-state index contributed by atoms with van der Waals surface area (Å²) in [7, 11) is 0. The average molecular weight is 421 g/mol. The van der Waals surface area contributed by atoms with Crippen LogP contribution in [0.3, 0.4) is 0 Å². The first-order valence-electron chi connectivity index (χ1n) is 9.32. The highest BCUT2D eigenvalue weighted by Gasteiger charge is 2.12. The molecule has 146 valence electrons. The second-order valence-electron chi connectivity index (χ2n) is 6.31. The smallest absolute Gasteiger partial charge is 0.257 e. The van der Waals surface area contributed by atoms with Crippen LogP contribution in [-0.2, 0) is 5.75 Å². The standard InChI is InChI=1S/C23H20N2O2S2/c26-22(24-14-15-28-18-9-2-1-3-10-18)19-11-5-4-8-17(19)16-29-23-25-20-12-6-7-13-21(20)27-23/h1-13H,14-16H2,(H,24,26). The van der Waals surface area contributed by atoms with E-state index in [2.05, 4.69) is 22.4 Å². The van der Waals surface area contributed by atoms with Crippen molar-refractivity contribution in [2.24, 2.45) is 0 Å². The maximum Gasteiger partial charge on any atom is 0.257 e. The van der Waals surface area contributed by atoms with E-state index in [-0.39, 0.29) is 5.91 Å². The van der Waals surface area contributed by atoms with E-state index < -0.39 is 0 Å². The number of rotatable bonds is 8. The molecule has 1 aromatic heterocycles. The molecule has 3 aromatic carbocycles. The molecule has 0 fully saturated rings. The third kappa shape index (κ3) is 5.22. The van der Waals surface area contributed by atoms with Gasteiger partial charge in [-0.15, -0.1) is 11.8 Å². The molecular formula is C23H20N2O2S2. The summed E-state index contributed by atoms with van der Waals surface area (Å²) in [6, 6.07) is 25.6. The number of nitrogens with one attached hydrogen (secondary N) is 1. The monoisotopic (exact) mass is 420 g/mol. The number of hydrogen-bond acceptors (Lipinski definition) is 5. The third-order valence-electron chi connectivity index (χ3n) is 4.29. The minimum absolute atomic E-state index is 0.0487. The molecule has 0 unspecified atom stereocenters. The Bertz CT molecular complexity index is 1060. The quantitative estimate of drug-likeness (QED) is 0.295. The average Bonchev–Trinajstić information content (AvgIpc) is 3.19. The highest BCUT2D eigenvalue weighted by atomic mass is 32.2. The molecule has 4 nitrogen and oxygen atoms in total.